The maximum Gasteiger partial charge on any atom is 0.308 e. The first kappa shape index (κ1) is 29.2. The summed E-state index contributed by atoms with van der Waals surface area (Å²) < 4.78 is 1.53. The molecule has 1 unspecified atom stereocenters. The highest BCUT2D eigenvalue weighted by molar-refractivity contribution is 6.19. The number of anilines is 2. The lowest BCUT2D eigenvalue weighted by Crippen LogP contribution is -2.54. The molecule has 6 aromatic rings. The van der Waals surface area contributed by atoms with Gasteiger partial charge in [0, 0.05) is 46.6 Å². The van der Waals surface area contributed by atoms with E-state index in [4.69, 9.17) is 11.6 Å². The van der Waals surface area contributed by atoms with Crippen LogP contribution in [-0.2, 0) is 9.59 Å². The number of amides is 2. The number of hydrazine groups is 1. The highest BCUT2D eigenvalue weighted by Crippen LogP contribution is 2.52. The molecule has 10 nitrogen and oxygen atoms in total. The molecule has 7 rings (SSSR count). The van der Waals surface area contributed by atoms with Crippen LogP contribution in [0.4, 0.5) is 11.5 Å². The molecule has 46 heavy (non-hydrogen) atoms. The SMILES string of the molecule is O=C=C1C(CCl)c2c(cc(O)c3ccccc23)N1c1cc2ccccc2n1N(NC(=O)CCCO)C(=O)c1cc2ccccc2[nH]1. The van der Waals surface area contributed by atoms with E-state index in [0.717, 1.165) is 27.0 Å². The number of halogens is 1. The van der Waals surface area contributed by atoms with Crippen LogP contribution in [0.5, 0.6) is 5.75 Å². The molecule has 0 radical (unpaired) electrons. The van der Waals surface area contributed by atoms with Crippen molar-refractivity contribution in [1.29, 1.82) is 0 Å². The zero-order valence-corrected chi connectivity index (χ0v) is 25.2. The van der Waals surface area contributed by atoms with Gasteiger partial charge >= 0.3 is 5.91 Å². The Morgan fingerprint density at radius 1 is 0.957 bits per heavy atom. The minimum atomic E-state index is -0.581. The average molecular weight is 634 g/mol. The second-order valence-corrected chi connectivity index (χ2v) is 11.3. The van der Waals surface area contributed by atoms with E-state index in [-0.39, 0.29) is 42.5 Å². The number of nitrogens with zero attached hydrogens (tertiary/aromatic N) is 3. The number of carbonyl (C=O) groups is 2. The van der Waals surface area contributed by atoms with Gasteiger partial charge in [-0.05, 0) is 41.6 Å². The molecule has 11 heteroatoms. The molecule has 3 heterocycles. The van der Waals surface area contributed by atoms with Crippen molar-refractivity contribution in [1.82, 2.24) is 15.1 Å². The van der Waals surface area contributed by atoms with E-state index >= 15 is 0 Å². The fourth-order valence-corrected chi connectivity index (χ4v) is 6.56. The highest BCUT2D eigenvalue weighted by Gasteiger charge is 2.40. The summed E-state index contributed by atoms with van der Waals surface area (Å²) in [4.78, 5) is 45.2. The standard InChI is InChI=1S/C35H28ClN5O5/c36-19-25-30(20-43)39(29-18-31(44)23-10-3-4-11-24(23)34(25)29)33-17-22-9-2-6-13-28(22)40(33)41(38-32(45)14-7-15-42)35(46)27-16-21-8-1-5-12-26(21)37-27/h1-6,8-13,16-18,25,37,42,44H,7,14-15,19H2,(H,38,45). The summed E-state index contributed by atoms with van der Waals surface area (Å²) in [5.41, 5.74) is 5.66. The quantitative estimate of drug-likeness (QED) is 0.101. The van der Waals surface area contributed by atoms with Crippen LogP contribution in [0.1, 0.15) is 34.8 Å². The number of H-pyrrole nitrogens is 1. The number of aromatic amines is 1. The van der Waals surface area contributed by atoms with Crippen LogP contribution in [0, 0.1) is 0 Å². The molecular weight excluding hydrogens is 606 g/mol. The molecule has 0 fully saturated rings. The number of benzene rings is 4. The summed E-state index contributed by atoms with van der Waals surface area (Å²) in [7, 11) is 0. The summed E-state index contributed by atoms with van der Waals surface area (Å²) in [6, 6.07) is 27.1. The number of allylic oxidation sites excluding steroid dienone is 1. The van der Waals surface area contributed by atoms with E-state index in [0.29, 0.717) is 27.8 Å². The van der Waals surface area contributed by atoms with Gasteiger partial charge < -0.3 is 15.2 Å². The molecule has 0 bridgehead atoms. The van der Waals surface area contributed by atoms with Crippen LogP contribution in [0.3, 0.4) is 0 Å². The largest absolute Gasteiger partial charge is 0.507 e. The number of aromatic nitrogens is 2. The first-order chi connectivity index (χ1) is 22.4. The topological polar surface area (TPSA) is 131 Å². The van der Waals surface area contributed by atoms with Gasteiger partial charge in [-0.25, -0.2) is 14.9 Å². The molecule has 0 saturated carbocycles. The molecule has 2 amide bonds. The summed E-state index contributed by atoms with van der Waals surface area (Å²) in [5, 5.41) is 24.5. The van der Waals surface area contributed by atoms with Crippen molar-refractivity contribution in [2.24, 2.45) is 0 Å². The number of aromatic hydroxyl groups is 1. The Morgan fingerprint density at radius 3 is 2.41 bits per heavy atom. The van der Waals surface area contributed by atoms with Crippen LogP contribution in [-0.4, -0.2) is 50.1 Å². The van der Waals surface area contributed by atoms with Crippen LogP contribution in [0.15, 0.2) is 96.7 Å². The number of phenols is 1. The van der Waals surface area contributed by atoms with Gasteiger partial charge in [-0.2, -0.15) is 0 Å². The van der Waals surface area contributed by atoms with Gasteiger partial charge in [0.05, 0.1) is 17.1 Å². The van der Waals surface area contributed by atoms with Crippen molar-refractivity contribution < 1.29 is 24.6 Å². The van der Waals surface area contributed by atoms with Crippen molar-refractivity contribution in [3.05, 3.63) is 108 Å². The molecule has 0 aliphatic carbocycles. The fraction of sp³-hybridized carbons (Fsp3) is 0.143. The van der Waals surface area contributed by atoms with Crippen molar-refractivity contribution in [3.63, 3.8) is 0 Å². The smallest absolute Gasteiger partial charge is 0.308 e. The summed E-state index contributed by atoms with van der Waals surface area (Å²) >= 11 is 6.53. The molecule has 230 valence electrons. The molecular formula is C35H28ClN5O5. The van der Waals surface area contributed by atoms with Crippen LogP contribution in [0.25, 0.3) is 32.6 Å². The Morgan fingerprint density at radius 2 is 1.67 bits per heavy atom. The minimum absolute atomic E-state index is 0.00537. The number of hydrogen-bond acceptors (Lipinski definition) is 6. The third-order valence-electron chi connectivity index (χ3n) is 8.30. The summed E-state index contributed by atoms with van der Waals surface area (Å²) in [6.45, 7) is -0.198. The van der Waals surface area contributed by atoms with E-state index in [9.17, 15) is 24.6 Å². The molecule has 4 aromatic carbocycles. The van der Waals surface area contributed by atoms with Crippen molar-refractivity contribution in [2.45, 2.75) is 18.8 Å². The molecule has 4 N–H and O–H groups in total. The van der Waals surface area contributed by atoms with E-state index in [2.05, 4.69) is 16.4 Å². The number of carbonyl (C=O) groups excluding carboxylic acids is 3. The van der Waals surface area contributed by atoms with E-state index in [1.165, 1.54) is 4.68 Å². The van der Waals surface area contributed by atoms with Gasteiger partial charge in [0.15, 0.2) is 0 Å². The number of fused-ring (bicyclic) bond motifs is 5. The Kier molecular flexibility index (Phi) is 7.46. The monoisotopic (exact) mass is 633 g/mol. The lowest BCUT2D eigenvalue weighted by atomic mass is 9.94. The number of rotatable bonds is 7. The summed E-state index contributed by atoms with van der Waals surface area (Å²) in [5.74, 6) is 0.815. The second-order valence-electron chi connectivity index (χ2n) is 11.0. The number of aliphatic hydroxyl groups is 1. The molecule has 1 atom stereocenters. The fourth-order valence-electron chi connectivity index (χ4n) is 6.26. The number of para-hydroxylation sites is 2. The predicted octanol–water partition coefficient (Wildman–Crippen LogP) is 5.75. The minimum Gasteiger partial charge on any atom is -0.507 e. The van der Waals surface area contributed by atoms with Gasteiger partial charge in [-0.3, -0.25) is 14.5 Å². The zero-order chi connectivity index (χ0) is 31.9. The third-order valence-corrected chi connectivity index (χ3v) is 8.61. The van der Waals surface area contributed by atoms with Gasteiger partial charge in [-0.15, -0.1) is 16.7 Å². The van der Waals surface area contributed by atoms with Crippen molar-refractivity contribution >= 4 is 73.4 Å². The third kappa shape index (κ3) is 4.67. The molecule has 0 spiro atoms. The first-order valence-electron chi connectivity index (χ1n) is 14.7. The van der Waals surface area contributed by atoms with Crippen molar-refractivity contribution in [2.75, 3.05) is 22.5 Å². The Labute approximate surface area is 267 Å². The first-order valence-corrected chi connectivity index (χ1v) is 15.3. The number of aliphatic hydroxyl groups excluding tert-OH is 1. The van der Waals surface area contributed by atoms with Crippen molar-refractivity contribution in [3.8, 4) is 5.75 Å². The zero-order valence-electron chi connectivity index (χ0n) is 24.4. The highest BCUT2D eigenvalue weighted by atomic mass is 35.5. The number of phenolic OH excluding ortho intramolecular Hbond substituents is 1. The molecule has 0 saturated heterocycles. The average Bonchev–Trinajstić information content (AvgIpc) is 3.77. The van der Waals surface area contributed by atoms with Gasteiger partial charge in [-0.1, -0.05) is 60.7 Å². The molecule has 2 aromatic heterocycles. The summed E-state index contributed by atoms with van der Waals surface area (Å²) in [6.07, 6.45) is 0.155. The lowest BCUT2D eigenvalue weighted by Gasteiger charge is -2.30. The second kappa shape index (κ2) is 11.8. The maximum absolute atomic E-state index is 14.4. The lowest BCUT2D eigenvalue weighted by molar-refractivity contribution is -0.121. The Balaban J connectivity index is 1.48. The van der Waals surface area contributed by atoms with E-state index in [1.807, 2.05) is 54.6 Å². The van der Waals surface area contributed by atoms with E-state index in [1.54, 1.807) is 41.3 Å². The van der Waals surface area contributed by atoms with E-state index < -0.39 is 17.7 Å². The molecule has 1 aliphatic heterocycles. The van der Waals surface area contributed by atoms with Gasteiger partial charge in [0.2, 0.25) is 5.91 Å². The normalized spacial score (nSPS) is 14.2. The number of nitrogens with one attached hydrogen (secondary N) is 2. The maximum atomic E-state index is 14.4. The van der Waals surface area contributed by atoms with Crippen LogP contribution in [0.2, 0.25) is 0 Å². The van der Waals surface area contributed by atoms with Gasteiger partial charge in [0.1, 0.15) is 28.9 Å². The Hall–Kier alpha value is -5.54. The van der Waals surface area contributed by atoms with Gasteiger partial charge in [0.25, 0.3) is 0 Å². The number of alkyl halides is 1. The predicted molar refractivity (Wildman–Crippen MR) is 178 cm³/mol. The Bertz CT molecular complexity index is 2180. The molecule has 1 aliphatic rings. The van der Waals surface area contributed by atoms with Crippen LogP contribution < -0.4 is 15.4 Å². The van der Waals surface area contributed by atoms with Crippen LogP contribution >= 0.6 is 11.6 Å². The number of hydrogen-bond donors (Lipinski definition) is 4.